The average molecular weight is 370 g/mol. The quantitative estimate of drug-likeness (QED) is 0.788. The molecule has 2 aliphatic rings. The van der Waals surface area contributed by atoms with Gasteiger partial charge in [0.25, 0.3) is 0 Å². The Bertz CT molecular complexity index is 788. The van der Waals surface area contributed by atoms with Crippen molar-refractivity contribution < 1.29 is 4.79 Å². The van der Waals surface area contributed by atoms with Gasteiger partial charge in [0.15, 0.2) is 0 Å². The van der Waals surface area contributed by atoms with Gasteiger partial charge in [-0.1, -0.05) is 36.6 Å². The maximum Gasteiger partial charge on any atom is 0.225 e. The number of carbonyl (C=O) groups is 1. The lowest BCUT2D eigenvalue weighted by Gasteiger charge is -2.34. The van der Waals surface area contributed by atoms with E-state index in [0.29, 0.717) is 10.9 Å². The summed E-state index contributed by atoms with van der Waals surface area (Å²) in [5, 5.41) is 0.695. The Kier molecular flexibility index (Phi) is 5.21. The first-order valence-corrected chi connectivity index (χ1v) is 9.96. The summed E-state index contributed by atoms with van der Waals surface area (Å²) in [5.41, 5.74) is 2.86. The fourth-order valence-corrected chi connectivity index (χ4v) is 4.53. The largest absolute Gasteiger partial charge is 0.342 e. The Morgan fingerprint density at radius 3 is 2.69 bits per heavy atom. The SMILES string of the molecule is O=C(C1CCCC1)N1CCC[C@H](c2nccnc2-c2cccc(Cl)c2)C1. The van der Waals surface area contributed by atoms with Crippen LogP contribution in [0.5, 0.6) is 0 Å². The van der Waals surface area contributed by atoms with E-state index < -0.39 is 0 Å². The number of hydrogen-bond acceptors (Lipinski definition) is 3. The number of carbonyl (C=O) groups excluding carboxylic acids is 1. The third-order valence-electron chi connectivity index (χ3n) is 5.65. The third kappa shape index (κ3) is 3.61. The maximum absolute atomic E-state index is 12.8. The van der Waals surface area contributed by atoms with Crippen molar-refractivity contribution in [2.24, 2.45) is 5.92 Å². The molecular weight excluding hydrogens is 346 g/mol. The second kappa shape index (κ2) is 7.75. The Labute approximate surface area is 159 Å². The summed E-state index contributed by atoms with van der Waals surface area (Å²) >= 11 is 6.17. The highest BCUT2D eigenvalue weighted by Gasteiger charge is 2.32. The van der Waals surface area contributed by atoms with Crippen LogP contribution in [0.15, 0.2) is 36.7 Å². The molecule has 1 aromatic carbocycles. The van der Waals surface area contributed by atoms with Crippen LogP contribution < -0.4 is 0 Å². The van der Waals surface area contributed by atoms with E-state index in [1.54, 1.807) is 12.4 Å². The van der Waals surface area contributed by atoms with E-state index in [-0.39, 0.29) is 11.8 Å². The third-order valence-corrected chi connectivity index (χ3v) is 5.88. The number of benzene rings is 1. The molecule has 2 heterocycles. The summed E-state index contributed by atoms with van der Waals surface area (Å²) in [7, 11) is 0. The molecule has 1 atom stereocenters. The van der Waals surface area contributed by atoms with Crippen LogP contribution in [-0.2, 0) is 4.79 Å². The van der Waals surface area contributed by atoms with Crippen LogP contribution in [0.1, 0.15) is 50.1 Å². The molecule has 1 aliphatic carbocycles. The molecule has 136 valence electrons. The summed E-state index contributed by atoms with van der Waals surface area (Å²) in [5.74, 6) is 0.820. The van der Waals surface area contributed by atoms with Crippen LogP contribution in [0.25, 0.3) is 11.3 Å². The van der Waals surface area contributed by atoms with Gasteiger partial charge in [0, 0.05) is 47.9 Å². The molecule has 2 aromatic rings. The van der Waals surface area contributed by atoms with E-state index in [4.69, 9.17) is 11.6 Å². The number of rotatable bonds is 3. The summed E-state index contributed by atoms with van der Waals surface area (Å²) in [6.45, 7) is 1.63. The van der Waals surface area contributed by atoms with Gasteiger partial charge in [0.1, 0.15) is 0 Å². The highest BCUT2D eigenvalue weighted by molar-refractivity contribution is 6.30. The molecule has 0 N–H and O–H groups in total. The molecular formula is C21H24ClN3O. The van der Waals surface area contributed by atoms with E-state index in [0.717, 1.165) is 55.7 Å². The van der Waals surface area contributed by atoms with Gasteiger partial charge in [0.2, 0.25) is 5.91 Å². The Hall–Kier alpha value is -1.94. The van der Waals surface area contributed by atoms with Gasteiger partial charge in [-0.3, -0.25) is 14.8 Å². The molecule has 0 unspecified atom stereocenters. The standard InChI is InChI=1S/C21H24ClN3O/c22-18-9-3-7-16(13-18)19-20(24-11-10-23-19)17-8-4-12-25(14-17)21(26)15-5-1-2-6-15/h3,7,9-11,13,15,17H,1-2,4-6,8,12,14H2/t17-/m0/s1. The Morgan fingerprint density at radius 1 is 1.08 bits per heavy atom. The molecule has 1 aliphatic heterocycles. The monoisotopic (exact) mass is 369 g/mol. The van der Waals surface area contributed by atoms with Crippen LogP contribution >= 0.6 is 11.6 Å². The molecule has 1 aromatic heterocycles. The van der Waals surface area contributed by atoms with Crippen LogP contribution in [0.4, 0.5) is 0 Å². The van der Waals surface area contributed by atoms with Crippen LogP contribution in [0.3, 0.4) is 0 Å². The van der Waals surface area contributed by atoms with Gasteiger partial charge in [-0.05, 0) is 37.8 Å². The van der Waals surface area contributed by atoms with Crippen molar-refractivity contribution in [2.45, 2.75) is 44.4 Å². The number of amides is 1. The van der Waals surface area contributed by atoms with Crippen LogP contribution in [0.2, 0.25) is 5.02 Å². The summed E-state index contributed by atoms with van der Waals surface area (Å²) < 4.78 is 0. The van der Waals surface area contributed by atoms with Crippen LogP contribution in [-0.4, -0.2) is 33.9 Å². The van der Waals surface area contributed by atoms with E-state index >= 15 is 0 Å². The first-order chi connectivity index (χ1) is 12.7. The predicted molar refractivity (Wildman–Crippen MR) is 103 cm³/mol. The Balaban J connectivity index is 1.58. The minimum atomic E-state index is 0.233. The minimum Gasteiger partial charge on any atom is -0.342 e. The molecule has 1 amide bonds. The van der Waals surface area contributed by atoms with Gasteiger partial charge in [-0.15, -0.1) is 0 Å². The second-order valence-corrected chi connectivity index (χ2v) is 7.84. The molecule has 1 saturated heterocycles. The maximum atomic E-state index is 12.8. The highest BCUT2D eigenvalue weighted by atomic mass is 35.5. The zero-order valence-corrected chi connectivity index (χ0v) is 15.7. The zero-order valence-electron chi connectivity index (χ0n) is 14.9. The molecule has 1 saturated carbocycles. The molecule has 0 spiro atoms. The fraction of sp³-hybridized carbons (Fsp3) is 0.476. The zero-order chi connectivity index (χ0) is 17.9. The minimum absolute atomic E-state index is 0.233. The molecule has 0 bridgehead atoms. The fourth-order valence-electron chi connectivity index (χ4n) is 4.34. The first kappa shape index (κ1) is 17.5. The number of likely N-dealkylation sites (tertiary alicyclic amines) is 1. The molecule has 0 radical (unpaired) electrons. The molecule has 26 heavy (non-hydrogen) atoms. The first-order valence-electron chi connectivity index (χ1n) is 9.58. The van der Waals surface area contributed by atoms with E-state index in [1.807, 2.05) is 24.3 Å². The van der Waals surface area contributed by atoms with Crippen molar-refractivity contribution in [3.05, 3.63) is 47.4 Å². The number of nitrogens with zero attached hydrogens (tertiary/aromatic N) is 3. The van der Waals surface area contributed by atoms with E-state index in [1.165, 1.54) is 12.8 Å². The van der Waals surface area contributed by atoms with E-state index in [2.05, 4.69) is 14.9 Å². The molecule has 2 fully saturated rings. The topological polar surface area (TPSA) is 46.1 Å². The van der Waals surface area contributed by atoms with Gasteiger partial charge in [-0.25, -0.2) is 0 Å². The van der Waals surface area contributed by atoms with Gasteiger partial charge >= 0.3 is 0 Å². The summed E-state index contributed by atoms with van der Waals surface area (Å²) in [4.78, 5) is 24.2. The lowest BCUT2D eigenvalue weighted by Crippen LogP contribution is -2.42. The summed E-state index contributed by atoms with van der Waals surface area (Å²) in [6.07, 6.45) is 10.0. The Morgan fingerprint density at radius 2 is 1.88 bits per heavy atom. The van der Waals surface area contributed by atoms with Crippen molar-refractivity contribution in [3.8, 4) is 11.3 Å². The smallest absolute Gasteiger partial charge is 0.225 e. The molecule has 4 rings (SSSR count). The van der Waals surface area contributed by atoms with Crippen molar-refractivity contribution in [3.63, 3.8) is 0 Å². The van der Waals surface area contributed by atoms with Gasteiger partial charge < -0.3 is 4.90 Å². The van der Waals surface area contributed by atoms with Crippen molar-refractivity contribution in [1.82, 2.24) is 14.9 Å². The lowest BCUT2D eigenvalue weighted by atomic mass is 9.90. The highest BCUT2D eigenvalue weighted by Crippen LogP contribution is 2.34. The predicted octanol–water partition coefficient (Wildman–Crippen LogP) is 4.69. The van der Waals surface area contributed by atoms with Gasteiger partial charge in [-0.2, -0.15) is 0 Å². The molecule has 5 heteroatoms. The number of hydrogen-bond donors (Lipinski definition) is 0. The van der Waals surface area contributed by atoms with Crippen molar-refractivity contribution >= 4 is 17.5 Å². The number of piperidine rings is 1. The van der Waals surface area contributed by atoms with Crippen LogP contribution in [0, 0.1) is 5.92 Å². The average Bonchev–Trinajstić information content (AvgIpc) is 3.22. The second-order valence-electron chi connectivity index (χ2n) is 7.41. The molecule has 4 nitrogen and oxygen atoms in total. The van der Waals surface area contributed by atoms with Crippen molar-refractivity contribution in [2.75, 3.05) is 13.1 Å². The van der Waals surface area contributed by atoms with Crippen molar-refractivity contribution in [1.29, 1.82) is 0 Å². The lowest BCUT2D eigenvalue weighted by molar-refractivity contribution is -0.136. The number of halogens is 1. The summed E-state index contributed by atoms with van der Waals surface area (Å²) in [6, 6.07) is 7.75. The van der Waals surface area contributed by atoms with Gasteiger partial charge in [0.05, 0.1) is 11.4 Å². The number of aromatic nitrogens is 2. The normalized spacial score (nSPS) is 21.1. The van der Waals surface area contributed by atoms with E-state index in [9.17, 15) is 4.79 Å².